The van der Waals surface area contributed by atoms with Crippen LogP contribution in [0.15, 0.2) is 65.1 Å². The van der Waals surface area contributed by atoms with Gasteiger partial charge >= 0.3 is 0 Å². The fourth-order valence-electron chi connectivity index (χ4n) is 2.58. The number of nitrogens with zero attached hydrogens (tertiary/aromatic N) is 2. The van der Waals surface area contributed by atoms with E-state index in [9.17, 15) is 10.1 Å². The number of fused-ring (bicyclic) bond motifs is 1. The number of nitro benzene ring substituents is 1. The molecular formula is C19H13N3O3. The number of nitro groups is 1. The minimum atomic E-state index is -0.422. The second-order valence-electron chi connectivity index (χ2n) is 5.48. The summed E-state index contributed by atoms with van der Waals surface area (Å²) >= 11 is 0. The highest BCUT2D eigenvalue weighted by Crippen LogP contribution is 2.26. The lowest BCUT2D eigenvalue weighted by Gasteiger charge is -1.96. The van der Waals surface area contributed by atoms with Gasteiger partial charge in [0.2, 0.25) is 0 Å². The number of benzene rings is 2. The fourth-order valence-corrected chi connectivity index (χ4v) is 2.58. The Balaban J connectivity index is 1.58. The van der Waals surface area contributed by atoms with E-state index < -0.39 is 4.92 Å². The van der Waals surface area contributed by atoms with E-state index in [1.807, 2.05) is 36.4 Å². The molecule has 0 saturated carbocycles. The zero-order chi connectivity index (χ0) is 17.2. The van der Waals surface area contributed by atoms with Crippen molar-refractivity contribution in [2.75, 3.05) is 0 Å². The number of hydrogen-bond donors (Lipinski definition) is 1. The maximum absolute atomic E-state index is 10.9. The first-order valence-electron chi connectivity index (χ1n) is 7.66. The van der Waals surface area contributed by atoms with Crippen molar-refractivity contribution in [3.8, 4) is 11.3 Å². The Morgan fingerprint density at radius 3 is 2.76 bits per heavy atom. The van der Waals surface area contributed by atoms with Gasteiger partial charge in [-0.05, 0) is 36.4 Å². The van der Waals surface area contributed by atoms with Crippen molar-refractivity contribution < 1.29 is 9.34 Å². The first kappa shape index (κ1) is 14.9. The van der Waals surface area contributed by atoms with Gasteiger partial charge in [0.05, 0.1) is 16.0 Å². The van der Waals surface area contributed by atoms with Crippen LogP contribution in [0.1, 0.15) is 11.6 Å². The standard InChI is InChI=1S/C19H13N3O3/c23-22(24)14-5-3-4-13(12-14)18-10-8-15(25-18)9-11-19-20-16-6-1-2-7-17(16)21-19/h1-12H,(H,20,21)/b11-9+. The zero-order valence-electron chi connectivity index (χ0n) is 13.0. The number of imidazole rings is 1. The van der Waals surface area contributed by atoms with Crippen LogP contribution in [0.2, 0.25) is 0 Å². The normalized spacial score (nSPS) is 11.4. The highest BCUT2D eigenvalue weighted by molar-refractivity contribution is 5.78. The Morgan fingerprint density at radius 1 is 1.04 bits per heavy atom. The molecule has 0 atom stereocenters. The molecule has 2 heterocycles. The van der Waals surface area contributed by atoms with Crippen molar-refractivity contribution in [2.45, 2.75) is 0 Å². The average molecular weight is 331 g/mol. The third-order valence-electron chi connectivity index (χ3n) is 3.78. The van der Waals surface area contributed by atoms with Gasteiger partial charge in [-0.25, -0.2) is 4.98 Å². The van der Waals surface area contributed by atoms with Crippen molar-refractivity contribution in [1.82, 2.24) is 9.97 Å². The second kappa shape index (κ2) is 6.09. The fraction of sp³-hybridized carbons (Fsp3) is 0. The zero-order valence-corrected chi connectivity index (χ0v) is 13.0. The number of non-ortho nitro benzene ring substituents is 1. The Labute approximate surface area is 142 Å². The van der Waals surface area contributed by atoms with Gasteiger partial charge in [0.15, 0.2) is 0 Å². The number of rotatable bonds is 4. The van der Waals surface area contributed by atoms with Gasteiger partial charge in [0.1, 0.15) is 17.3 Å². The van der Waals surface area contributed by atoms with E-state index in [1.54, 1.807) is 24.3 Å². The second-order valence-corrected chi connectivity index (χ2v) is 5.48. The third kappa shape index (κ3) is 3.05. The number of H-pyrrole nitrogens is 1. The molecule has 2 aromatic heterocycles. The van der Waals surface area contributed by atoms with E-state index in [-0.39, 0.29) is 5.69 Å². The Hall–Kier alpha value is -3.67. The molecule has 0 bridgehead atoms. The first-order chi connectivity index (χ1) is 12.2. The van der Waals surface area contributed by atoms with Gasteiger partial charge in [-0.15, -0.1) is 0 Å². The van der Waals surface area contributed by atoms with Gasteiger partial charge in [0.25, 0.3) is 5.69 Å². The molecule has 122 valence electrons. The molecule has 4 rings (SSSR count). The van der Waals surface area contributed by atoms with Crippen LogP contribution in [0.3, 0.4) is 0 Å². The van der Waals surface area contributed by atoms with E-state index in [0.29, 0.717) is 17.1 Å². The molecule has 1 N–H and O–H groups in total. The van der Waals surface area contributed by atoms with E-state index in [4.69, 9.17) is 4.42 Å². The van der Waals surface area contributed by atoms with Gasteiger partial charge in [-0.3, -0.25) is 10.1 Å². The summed E-state index contributed by atoms with van der Waals surface area (Å²) in [5.41, 5.74) is 2.57. The number of nitrogens with one attached hydrogen (secondary N) is 1. The molecule has 6 nitrogen and oxygen atoms in total. The molecule has 0 saturated heterocycles. The Morgan fingerprint density at radius 2 is 1.92 bits per heavy atom. The molecule has 25 heavy (non-hydrogen) atoms. The third-order valence-corrected chi connectivity index (χ3v) is 3.78. The summed E-state index contributed by atoms with van der Waals surface area (Å²) in [5.74, 6) is 1.95. The summed E-state index contributed by atoms with van der Waals surface area (Å²) in [6.45, 7) is 0. The van der Waals surface area contributed by atoms with Gasteiger partial charge in [-0.1, -0.05) is 24.3 Å². The molecule has 0 aliphatic carbocycles. The first-order valence-corrected chi connectivity index (χ1v) is 7.66. The summed E-state index contributed by atoms with van der Waals surface area (Å²) in [6, 6.07) is 17.8. The van der Waals surface area contributed by atoms with Gasteiger partial charge in [0, 0.05) is 17.7 Å². The van der Waals surface area contributed by atoms with Gasteiger partial charge in [-0.2, -0.15) is 0 Å². The maximum Gasteiger partial charge on any atom is 0.270 e. The lowest BCUT2D eigenvalue weighted by Crippen LogP contribution is -1.87. The molecule has 2 aromatic carbocycles. The minimum Gasteiger partial charge on any atom is -0.457 e. The smallest absolute Gasteiger partial charge is 0.270 e. The summed E-state index contributed by atoms with van der Waals surface area (Å²) in [5, 5.41) is 10.9. The van der Waals surface area contributed by atoms with Crippen molar-refractivity contribution in [3.05, 3.63) is 82.4 Å². The van der Waals surface area contributed by atoms with Crippen LogP contribution in [0.4, 0.5) is 5.69 Å². The molecule has 0 radical (unpaired) electrons. The summed E-state index contributed by atoms with van der Waals surface area (Å²) in [7, 11) is 0. The SMILES string of the molecule is O=[N+]([O-])c1cccc(-c2ccc(/C=C/c3nc4ccccc4[nH]3)o2)c1. The molecule has 0 aliphatic heterocycles. The summed E-state index contributed by atoms with van der Waals surface area (Å²) < 4.78 is 5.75. The molecule has 0 unspecified atom stereocenters. The summed E-state index contributed by atoms with van der Waals surface area (Å²) in [6.07, 6.45) is 3.63. The number of para-hydroxylation sites is 2. The largest absolute Gasteiger partial charge is 0.457 e. The number of hydrogen-bond acceptors (Lipinski definition) is 4. The van der Waals surface area contributed by atoms with Crippen LogP contribution in [-0.4, -0.2) is 14.9 Å². The molecule has 4 aromatic rings. The molecule has 0 aliphatic rings. The highest BCUT2D eigenvalue weighted by atomic mass is 16.6. The Bertz CT molecular complexity index is 1060. The average Bonchev–Trinajstić information content (AvgIpc) is 3.26. The van der Waals surface area contributed by atoms with Crippen LogP contribution in [0.25, 0.3) is 34.5 Å². The quantitative estimate of drug-likeness (QED) is 0.425. The molecule has 0 fully saturated rings. The number of aromatic nitrogens is 2. The monoisotopic (exact) mass is 331 g/mol. The minimum absolute atomic E-state index is 0.0354. The van der Waals surface area contributed by atoms with Crippen LogP contribution in [0.5, 0.6) is 0 Å². The van der Waals surface area contributed by atoms with Crippen molar-refractivity contribution in [3.63, 3.8) is 0 Å². The Kier molecular flexibility index (Phi) is 3.63. The molecular weight excluding hydrogens is 318 g/mol. The predicted octanol–water partition coefficient (Wildman–Crippen LogP) is 4.90. The maximum atomic E-state index is 10.9. The lowest BCUT2D eigenvalue weighted by molar-refractivity contribution is -0.384. The van der Waals surface area contributed by atoms with E-state index in [2.05, 4.69) is 9.97 Å². The molecule has 0 amide bonds. The highest BCUT2D eigenvalue weighted by Gasteiger charge is 2.09. The van der Waals surface area contributed by atoms with Crippen LogP contribution in [0, 0.1) is 10.1 Å². The van der Waals surface area contributed by atoms with Crippen molar-refractivity contribution in [2.24, 2.45) is 0 Å². The number of furan rings is 1. The van der Waals surface area contributed by atoms with E-state index in [1.165, 1.54) is 12.1 Å². The van der Waals surface area contributed by atoms with Crippen LogP contribution < -0.4 is 0 Å². The molecule has 6 heteroatoms. The lowest BCUT2D eigenvalue weighted by atomic mass is 10.1. The van der Waals surface area contributed by atoms with Crippen molar-refractivity contribution in [1.29, 1.82) is 0 Å². The van der Waals surface area contributed by atoms with Crippen LogP contribution in [-0.2, 0) is 0 Å². The number of aromatic amines is 1. The van der Waals surface area contributed by atoms with Gasteiger partial charge < -0.3 is 9.40 Å². The topological polar surface area (TPSA) is 85.0 Å². The molecule has 0 spiro atoms. The van der Waals surface area contributed by atoms with Crippen molar-refractivity contribution >= 4 is 28.9 Å². The van der Waals surface area contributed by atoms with E-state index >= 15 is 0 Å². The van der Waals surface area contributed by atoms with Crippen LogP contribution >= 0.6 is 0 Å². The van der Waals surface area contributed by atoms with E-state index in [0.717, 1.165) is 16.9 Å². The predicted molar refractivity (Wildman–Crippen MR) is 95.8 cm³/mol. The summed E-state index contributed by atoms with van der Waals surface area (Å²) in [4.78, 5) is 18.1.